The van der Waals surface area contributed by atoms with Crippen molar-refractivity contribution in [2.24, 2.45) is 0 Å². The molecule has 2 rings (SSSR count). The van der Waals surface area contributed by atoms with Crippen LogP contribution in [-0.4, -0.2) is 16.0 Å². The van der Waals surface area contributed by atoms with E-state index < -0.39 is 4.92 Å². The molecule has 1 aromatic heterocycles. The number of rotatable bonds is 5. The van der Waals surface area contributed by atoms with Crippen LogP contribution in [0.2, 0.25) is 0 Å². The van der Waals surface area contributed by atoms with Crippen molar-refractivity contribution in [1.29, 1.82) is 0 Å². The third-order valence-electron chi connectivity index (χ3n) is 3.19. The van der Waals surface area contributed by atoms with Gasteiger partial charge in [0.1, 0.15) is 5.69 Å². The molecule has 0 aliphatic heterocycles. The van der Waals surface area contributed by atoms with Crippen LogP contribution < -0.4 is 10.9 Å². The van der Waals surface area contributed by atoms with E-state index in [1.165, 1.54) is 6.07 Å². The number of nitrogens with one attached hydrogen (secondary N) is 1. The van der Waals surface area contributed by atoms with Gasteiger partial charge in [-0.05, 0) is 31.5 Å². The number of aryl methyl sites for hydroxylation is 1. The molecular formula is C15H17N3O3. The molecule has 0 unspecified atom stereocenters. The molecule has 0 aliphatic carbocycles. The lowest BCUT2D eigenvalue weighted by atomic mass is 10.1. The summed E-state index contributed by atoms with van der Waals surface area (Å²) in [7, 11) is 0. The van der Waals surface area contributed by atoms with Gasteiger partial charge in [0.15, 0.2) is 0 Å². The van der Waals surface area contributed by atoms with Gasteiger partial charge in [0.05, 0.1) is 11.5 Å². The molecule has 0 aliphatic rings. The maximum Gasteiger partial charge on any atom is 0.292 e. The summed E-state index contributed by atoms with van der Waals surface area (Å²) in [5, 5.41) is 14.1. The number of nitrogens with zero attached hydrogens (tertiary/aromatic N) is 2. The number of nitro groups is 1. The average molecular weight is 287 g/mol. The van der Waals surface area contributed by atoms with E-state index in [2.05, 4.69) is 5.32 Å². The summed E-state index contributed by atoms with van der Waals surface area (Å²) in [5.74, 6) is 0. The standard InChI is InChI=1S/C15H17N3O3/c1-3-16-13-7-6-12(9-14(13)18(20)21)10-17-8-4-5-11(2)15(17)19/h4-9,16H,3,10H2,1-2H3. The van der Waals surface area contributed by atoms with Crippen molar-refractivity contribution < 1.29 is 4.92 Å². The molecule has 0 spiro atoms. The monoisotopic (exact) mass is 287 g/mol. The molecule has 6 heteroatoms. The number of aromatic nitrogens is 1. The van der Waals surface area contributed by atoms with Gasteiger partial charge in [-0.1, -0.05) is 12.1 Å². The molecule has 0 atom stereocenters. The van der Waals surface area contributed by atoms with Crippen molar-refractivity contribution in [2.45, 2.75) is 20.4 Å². The minimum Gasteiger partial charge on any atom is -0.380 e. The number of hydrogen-bond acceptors (Lipinski definition) is 4. The first-order valence-corrected chi connectivity index (χ1v) is 6.70. The van der Waals surface area contributed by atoms with Crippen molar-refractivity contribution in [3.63, 3.8) is 0 Å². The first-order valence-electron chi connectivity index (χ1n) is 6.70. The van der Waals surface area contributed by atoms with Crippen molar-refractivity contribution in [3.05, 3.63) is 68.1 Å². The fraction of sp³-hybridized carbons (Fsp3) is 0.267. The van der Waals surface area contributed by atoms with E-state index in [9.17, 15) is 14.9 Å². The summed E-state index contributed by atoms with van der Waals surface area (Å²) in [5.41, 5.74) is 1.79. The van der Waals surface area contributed by atoms with Crippen LogP contribution in [0.4, 0.5) is 11.4 Å². The zero-order valence-corrected chi connectivity index (χ0v) is 12.0. The van der Waals surface area contributed by atoms with Gasteiger partial charge in [-0.25, -0.2) is 0 Å². The molecule has 1 N–H and O–H groups in total. The molecule has 0 saturated heterocycles. The maximum absolute atomic E-state index is 12.0. The highest BCUT2D eigenvalue weighted by Crippen LogP contribution is 2.25. The van der Waals surface area contributed by atoms with Gasteiger partial charge in [-0.15, -0.1) is 0 Å². The van der Waals surface area contributed by atoms with Crippen LogP contribution in [0.1, 0.15) is 18.1 Å². The van der Waals surface area contributed by atoms with E-state index in [4.69, 9.17) is 0 Å². The normalized spacial score (nSPS) is 10.4. The smallest absolute Gasteiger partial charge is 0.292 e. The van der Waals surface area contributed by atoms with Gasteiger partial charge in [0, 0.05) is 24.4 Å². The second kappa shape index (κ2) is 6.21. The van der Waals surface area contributed by atoms with E-state index in [1.807, 2.05) is 6.92 Å². The predicted octanol–water partition coefficient (Wildman–Crippen LogP) is 2.55. The molecular weight excluding hydrogens is 270 g/mol. The Labute approximate surface area is 122 Å². The average Bonchev–Trinajstić information content (AvgIpc) is 2.45. The molecule has 0 bridgehead atoms. The first kappa shape index (κ1) is 14.8. The minimum atomic E-state index is -0.416. The lowest BCUT2D eigenvalue weighted by Gasteiger charge is -2.09. The Morgan fingerprint density at radius 3 is 2.76 bits per heavy atom. The third-order valence-corrected chi connectivity index (χ3v) is 3.19. The van der Waals surface area contributed by atoms with E-state index in [0.29, 0.717) is 24.3 Å². The molecule has 0 amide bonds. The van der Waals surface area contributed by atoms with Crippen LogP contribution in [0.15, 0.2) is 41.3 Å². The second-order valence-electron chi connectivity index (χ2n) is 4.76. The number of benzene rings is 1. The molecule has 6 nitrogen and oxygen atoms in total. The largest absolute Gasteiger partial charge is 0.380 e. The van der Waals surface area contributed by atoms with Gasteiger partial charge in [0.25, 0.3) is 11.2 Å². The zero-order chi connectivity index (χ0) is 15.4. The third kappa shape index (κ3) is 3.28. The Bertz CT molecular complexity index is 722. The summed E-state index contributed by atoms with van der Waals surface area (Å²) in [6.45, 7) is 4.55. The molecule has 1 heterocycles. The van der Waals surface area contributed by atoms with Gasteiger partial charge in [-0.3, -0.25) is 14.9 Å². The number of anilines is 1. The summed E-state index contributed by atoms with van der Waals surface area (Å²) in [6, 6.07) is 8.51. The van der Waals surface area contributed by atoms with Crippen LogP contribution in [0, 0.1) is 17.0 Å². The fourth-order valence-corrected chi connectivity index (χ4v) is 2.14. The van der Waals surface area contributed by atoms with Gasteiger partial charge >= 0.3 is 0 Å². The minimum absolute atomic E-state index is 0.0232. The second-order valence-corrected chi connectivity index (χ2v) is 4.76. The Morgan fingerprint density at radius 2 is 2.10 bits per heavy atom. The SMILES string of the molecule is CCNc1ccc(Cn2cccc(C)c2=O)cc1[N+](=O)[O-]. The highest BCUT2D eigenvalue weighted by molar-refractivity contribution is 5.62. The topological polar surface area (TPSA) is 77.2 Å². The Balaban J connectivity index is 2.37. The molecule has 0 radical (unpaired) electrons. The number of hydrogen-bond donors (Lipinski definition) is 1. The molecule has 0 saturated carbocycles. The molecule has 21 heavy (non-hydrogen) atoms. The lowest BCUT2D eigenvalue weighted by Crippen LogP contribution is -2.21. The molecule has 110 valence electrons. The van der Waals surface area contributed by atoms with Crippen molar-refractivity contribution >= 4 is 11.4 Å². The van der Waals surface area contributed by atoms with E-state index in [-0.39, 0.29) is 11.2 Å². The summed E-state index contributed by atoms with van der Waals surface area (Å²) >= 11 is 0. The molecule has 2 aromatic rings. The van der Waals surface area contributed by atoms with Crippen molar-refractivity contribution in [1.82, 2.24) is 4.57 Å². The first-order chi connectivity index (χ1) is 10.0. The van der Waals surface area contributed by atoms with E-state index in [1.54, 1.807) is 42.0 Å². The highest BCUT2D eigenvalue weighted by atomic mass is 16.6. The summed E-state index contributed by atoms with van der Waals surface area (Å²) in [6.07, 6.45) is 1.68. The quantitative estimate of drug-likeness (QED) is 0.677. The highest BCUT2D eigenvalue weighted by Gasteiger charge is 2.14. The van der Waals surface area contributed by atoms with Crippen LogP contribution in [-0.2, 0) is 6.54 Å². The van der Waals surface area contributed by atoms with E-state index >= 15 is 0 Å². The van der Waals surface area contributed by atoms with Crippen molar-refractivity contribution in [3.8, 4) is 0 Å². The van der Waals surface area contributed by atoms with Crippen LogP contribution in [0.3, 0.4) is 0 Å². The number of nitro benzene ring substituents is 1. The molecule has 0 fully saturated rings. The number of pyridine rings is 1. The summed E-state index contributed by atoms with van der Waals surface area (Å²) < 4.78 is 1.54. The van der Waals surface area contributed by atoms with Crippen LogP contribution in [0.25, 0.3) is 0 Å². The Hall–Kier alpha value is -2.63. The van der Waals surface area contributed by atoms with Gasteiger partial charge < -0.3 is 9.88 Å². The van der Waals surface area contributed by atoms with Gasteiger partial charge in [0.2, 0.25) is 0 Å². The zero-order valence-electron chi connectivity index (χ0n) is 12.0. The predicted molar refractivity (Wildman–Crippen MR) is 81.8 cm³/mol. The van der Waals surface area contributed by atoms with Crippen LogP contribution in [0.5, 0.6) is 0 Å². The summed E-state index contributed by atoms with van der Waals surface area (Å²) in [4.78, 5) is 22.7. The van der Waals surface area contributed by atoms with Gasteiger partial charge in [-0.2, -0.15) is 0 Å². The van der Waals surface area contributed by atoms with E-state index in [0.717, 1.165) is 5.56 Å². The van der Waals surface area contributed by atoms with Crippen LogP contribution >= 0.6 is 0 Å². The van der Waals surface area contributed by atoms with Crippen molar-refractivity contribution in [2.75, 3.05) is 11.9 Å². The fourth-order valence-electron chi connectivity index (χ4n) is 2.14. The Morgan fingerprint density at radius 1 is 1.33 bits per heavy atom. The Kier molecular flexibility index (Phi) is 4.37. The molecule has 1 aromatic carbocycles. The maximum atomic E-state index is 12.0. The lowest BCUT2D eigenvalue weighted by molar-refractivity contribution is -0.384.